The molecule has 4 heteroatoms. The van der Waals surface area contributed by atoms with Crippen LogP contribution in [0.25, 0.3) is 0 Å². The smallest absolute Gasteiger partial charge is 0.318 e. The van der Waals surface area contributed by atoms with Crippen LogP contribution in [0.3, 0.4) is 0 Å². The largest absolute Gasteiger partial charge is 0.468 e. The molecular weight excluding hydrogens is 242 g/mol. The molecule has 0 aliphatic rings. The van der Waals surface area contributed by atoms with Crippen LogP contribution in [0.1, 0.15) is 24.5 Å². The van der Waals surface area contributed by atoms with Crippen molar-refractivity contribution in [1.29, 1.82) is 0 Å². The van der Waals surface area contributed by atoms with Gasteiger partial charge in [-0.3, -0.25) is 9.59 Å². The molecule has 0 fully saturated rings. The Balaban J connectivity index is 3.04. The first kappa shape index (κ1) is 15.2. The van der Waals surface area contributed by atoms with Crippen molar-refractivity contribution >= 4 is 17.6 Å². The summed E-state index contributed by atoms with van der Waals surface area (Å²) in [5, 5.41) is 0. The van der Waals surface area contributed by atoms with Gasteiger partial charge in [-0.2, -0.15) is 0 Å². The molecule has 104 valence electrons. The minimum Gasteiger partial charge on any atom is -0.468 e. The maximum atomic E-state index is 12.4. The predicted molar refractivity (Wildman–Crippen MR) is 75.1 cm³/mol. The fourth-order valence-electron chi connectivity index (χ4n) is 2.02. The Hall–Kier alpha value is -1.84. The highest BCUT2D eigenvalue weighted by Gasteiger charge is 2.29. The van der Waals surface area contributed by atoms with E-state index in [-0.39, 0.29) is 5.91 Å². The molecule has 0 aromatic heterocycles. The summed E-state index contributed by atoms with van der Waals surface area (Å²) in [6.45, 7) is 5.72. The summed E-state index contributed by atoms with van der Waals surface area (Å²) in [4.78, 5) is 25.5. The van der Waals surface area contributed by atoms with Crippen LogP contribution in [-0.4, -0.2) is 26.0 Å². The summed E-state index contributed by atoms with van der Waals surface area (Å²) in [7, 11) is 2.99. The van der Waals surface area contributed by atoms with E-state index < -0.39 is 11.9 Å². The van der Waals surface area contributed by atoms with Gasteiger partial charge in [0.05, 0.1) is 7.11 Å². The fourth-order valence-corrected chi connectivity index (χ4v) is 2.02. The number of hydrogen-bond donors (Lipinski definition) is 0. The Morgan fingerprint density at radius 1 is 1.32 bits per heavy atom. The lowest BCUT2D eigenvalue weighted by atomic mass is 10.0. The van der Waals surface area contributed by atoms with E-state index in [2.05, 4.69) is 4.74 Å². The summed E-state index contributed by atoms with van der Waals surface area (Å²) in [6, 6.07) is 5.90. The lowest BCUT2D eigenvalue weighted by Gasteiger charge is -2.23. The summed E-state index contributed by atoms with van der Waals surface area (Å²) < 4.78 is 4.68. The van der Waals surface area contributed by atoms with Gasteiger partial charge in [0.1, 0.15) is 5.92 Å². The van der Waals surface area contributed by atoms with Crippen LogP contribution < -0.4 is 4.90 Å². The SMILES string of the molecule is CCC(C(=O)OC)C(=O)N(C)c1cc(C)ccc1C. The van der Waals surface area contributed by atoms with E-state index in [1.54, 1.807) is 14.0 Å². The normalized spacial score (nSPS) is 11.8. The molecule has 0 saturated heterocycles. The molecule has 1 unspecified atom stereocenters. The second-order valence-electron chi connectivity index (χ2n) is 4.67. The van der Waals surface area contributed by atoms with Crippen molar-refractivity contribution in [3.05, 3.63) is 29.3 Å². The average Bonchev–Trinajstić information content (AvgIpc) is 2.41. The van der Waals surface area contributed by atoms with Gasteiger partial charge in [-0.05, 0) is 37.5 Å². The Kier molecular flexibility index (Phi) is 5.10. The van der Waals surface area contributed by atoms with Crippen molar-refractivity contribution in [1.82, 2.24) is 0 Å². The Labute approximate surface area is 114 Å². The highest BCUT2D eigenvalue weighted by Crippen LogP contribution is 2.23. The molecule has 0 bridgehead atoms. The van der Waals surface area contributed by atoms with Crippen molar-refractivity contribution in [3.8, 4) is 0 Å². The third-order valence-electron chi connectivity index (χ3n) is 3.25. The minimum atomic E-state index is -0.741. The van der Waals surface area contributed by atoms with Crippen LogP contribution in [0.4, 0.5) is 5.69 Å². The van der Waals surface area contributed by atoms with Crippen molar-refractivity contribution < 1.29 is 14.3 Å². The van der Waals surface area contributed by atoms with E-state index in [1.807, 2.05) is 32.0 Å². The van der Waals surface area contributed by atoms with E-state index in [0.29, 0.717) is 6.42 Å². The lowest BCUT2D eigenvalue weighted by Crippen LogP contribution is -2.37. The van der Waals surface area contributed by atoms with E-state index >= 15 is 0 Å². The molecule has 4 nitrogen and oxygen atoms in total. The van der Waals surface area contributed by atoms with E-state index in [1.165, 1.54) is 12.0 Å². The predicted octanol–water partition coefficient (Wildman–Crippen LogP) is 2.47. The van der Waals surface area contributed by atoms with Crippen LogP contribution in [0, 0.1) is 19.8 Å². The number of nitrogens with zero attached hydrogens (tertiary/aromatic N) is 1. The van der Waals surface area contributed by atoms with Crippen molar-refractivity contribution in [2.45, 2.75) is 27.2 Å². The summed E-state index contributed by atoms with van der Waals surface area (Å²) in [6.07, 6.45) is 0.431. The Morgan fingerprint density at radius 2 is 1.95 bits per heavy atom. The molecule has 0 saturated carbocycles. The number of methoxy groups -OCH3 is 1. The zero-order chi connectivity index (χ0) is 14.6. The lowest BCUT2D eigenvalue weighted by molar-refractivity contribution is -0.149. The Morgan fingerprint density at radius 3 is 2.47 bits per heavy atom. The average molecular weight is 263 g/mol. The molecule has 0 spiro atoms. The van der Waals surface area contributed by atoms with E-state index in [9.17, 15) is 9.59 Å². The number of esters is 1. The van der Waals surface area contributed by atoms with E-state index in [0.717, 1.165) is 16.8 Å². The summed E-state index contributed by atoms with van der Waals surface area (Å²) in [5.74, 6) is -1.46. The molecule has 19 heavy (non-hydrogen) atoms. The fraction of sp³-hybridized carbons (Fsp3) is 0.467. The first-order valence-electron chi connectivity index (χ1n) is 6.35. The molecule has 1 aromatic rings. The first-order valence-corrected chi connectivity index (χ1v) is 6.35. The molecule has 0 radical (unpaired) electrons. The first-order chi connectivity index (χ1) is 8.92. The van der Waals surface area contributed by atoms with Gasteiger partial charge in [0.15, 0.2) is 0 Å². The van der Waals surface area contributed by atoms with Crippen LogP contribution in [0.5, 0.6) is 0 Å². The van der Waals surface area contributed by atoms with Crippen molar-refractivity contribution in [2.24, 2.45) is 5.92 Å². The molecule has 1 atom stereocenters. The molecule has 1 amide bonds. The van der Waals surface area contributed by atoms with Gasteiger partial charge in [0.25, 0.3) is 0 Å². The number of benzene rings is 1. The number of carbonyl (C=O) groups is 2. The molecule has 1 rings (SSSR count). The third kappa shape index (κ3) is 3.34. The second kappa shape index (κ2) is 6.36. The number of carbonyl (C=O) groups excluding carboxylic acids is 2. The molecule has 1 aromatic carbocycles. The summed E-state index contributed by atoms with van der Waals surface area (Å²) in [5.41, 5.74) is 2.90. The highest BCUT2D eigenvalue weighted by atomic mass is 16.5. The maximum Gasteiger partial charge on any atom is 0.318 e. The van der Waals surface area contributed by atoms with Crippen LogP contribution in [0.15, 0.2) is 18.2 Å². The van der Waals surface area contributed by atoms with Crippen molar-refractivity contribution in [2.75, 3.05) is 19.1 Å². The molecule has 0 N–H and O–H groups in total. The van der Waals surface area contributed by atoms with Gasteiger partial charge in [-0.1, -0.05) is 19.1 Å². The monoisotopic (exact) mass is 263 g/mol. The quantitative estimate of drug-likeness (QED) is 0.619. The number of aryl methyl sites for hydroxylation is 2. The number of anilines is 1. The van der Waals surface area contributed by atoms with Gasteiger partial charge < -0.3 is 9.64 Å². The molecular formula is C15H21NO3. The topological polar surface area (TPSA) is 46.6 Å². The molecule has 0 heterocycles. The maximum absolute atomic E-state index is 12.4. The second-order valence-corrected chi connectivity index (χ2v) is 4.67. The molecule has 0 aliphatic heterocycles. The van der Waals surface area contributed by atoms with Gasteiger partial charge in [0.2, 0.25) is 5.91 Å². The number of rotatable bonds is 4. The van der Waals surface area contributed by atoms with Gasteiger partial charge in [-0.25, -0.2) is 0 Å². The van der Waals surface area contributed by atoms with Crippen molar-refractivity contribution in [3.63, 3.8) is 0 Å². The number of amides is 1. The number of hydrogen-bond acceptors (Lipinski definition) is 3. The molecule has 0 aliphatic carbocycles. The van der Waals surface area contributed by atoms with Gasteiger partial charge >= 0.3 is 5.97 Å². The van der Waals surface area contributed by atoms with E-state index in [4.69, 9.17) is 0 Å². The van der Waals surface area contributed by atoms with Crippen LogP contribution >= 0.6 is 0 Å². The summed E-state index contributed by atoms with van der Waals surface area (Å²) >= 11 is 0. The highest BCUT2D eigenvalue weighted by molar-refractivity contribution is 6.06. The standard InChI is InChI=1S/C15H21NO3/c1-6-12(15(18)19-5)14(17)16(4)13-9-10(2)7-8-11(13)3/h7-9,12H,6H2,1-5H3. The third-order valence-corrected chi connectivity index (χ3v) is 3.25. The van der Waals surface area contributed by atoms with Gasteiger partial charge in [0, 0.05) is 12.7 Å². The van der Waals surface area contributed by atoms with Gasteiger partial charge in [-0.15, -0.1) is 0 Å². The minimum absolute atomic E-state index is 0.233. The zero-order valence-electron chi connectivity index (χ0n) is 12.2. The van der Waals surface area contributed by atoms with Crippen LogP contribution in [0.2, 0.25) is 0 Å². The van der Waals surface area contributed by atoms with Crippen LogP contribution in [-0.2, 0) is 14.3 Å². The number of ether oxygens (including phenoxy) is 1. The Bertz CT molecular complexity index is 482. The zero-order valence-corrected chi connectivity index (χ0v) is 12.2.